The lowest BCUT2D eigenvalue weighted by Crippen LogP contribution is -2.41. The molecule has 2 heterocycles. The molecule has 2 aromatic heterocycles. The lowest BCUT2D eigenvalue weighted by molar-refractivity contribution is -0.170. The Kier molecular flexibility index (Phi) is 6.23. The maximum absolute atomic E-state index is 15.2. The van der Waals surface area contributed by atoms with Crippen molar-refractivity contribution in [1.82, 2.24) is 15.0 Å². The molecule has 0 amide bonds. The van der Waals surface area contributed by atoms with Crippen LogP contribution in [0.2, 0.25) is 0 Å². The Morgan fingerprint density at radius 2 is 1.79 bits per heavy atom. The van der Waals surface area contributed by atoms with E-state index in [-0.39, 0.29) is 28.2 Å². The zero-order valence-corrected chi connectivity index (χ0v) is 20.0. The Morgan fingerprint density at radius 3 is 2.36 bits per heavy atom. The number of nitrogens with zero attached hydrogens (tertiary/aromatic N) is 3. The highest BCUT2D eigenvalue weighted by Crippen LogP contribution is 2.42. The predicted octanol–water partition coefficient (Wildman–Crippen LogP) is 4.46. The summed E-state index contributed by atoms with van der Waals surface area (Å²) in [5.41, 5.74) is -3.20. The number of nitrogens with one attached hydrogen (secondary N) is 1. The monoisotopic (exact) mass is 482 g/mol. The molecule has 178 valence electrons. The molecule has 0 aliphatic heterocycles. The van der Waals surface area contributed by atoms with Gasteiger partial charge < -0.3 is 20.1 Å². The first-order chi connectivity index (χ1) is 15.0. The molecule has 7 nitrogen and oxygen atoms in total. The van der Waals surface area contributed by atoms with Gasteiger partial charge in [-0.2, -0.15) is 8.78 Å². The Labute approximate surface area is 189 Å². The SMILES string of the molecule is Cc1nc(NC(C)c2cccc(C(F)(F)C(C)(C)O)c2F)c2cc(P(C)(C)=O)nc(O)c2n1. The van der Waals surface area contributed by atoms with Crippen LogP contribution in [0.3, 0.4) is 0 Å². The molecule has 3 rings (SSSR count). The topological polar surface area (TPSA) is 108 Å². The number of anilines is 1. The fourth-order valence-electron chi connectivity index (χ4n) is 3.34. The number of aromatic hydroxyl groups is 1. The van der Waals surface area contributed by atoms with Gasteiger partial charge in [-0.3, -0.25) is 0 Å². The molecule has 33 heavy (non-hydrogen) atoms. The zero-order valence-electron chi connectivity index (χ0n) is 19.1. The molecular formula is C22H26F3N4O3P. The van der Waals surface area contributed by atoms with E-state index >= 15 is 4.39 Å². The normalized spacial score (nSPS) is 13.9. The molecule has 0 saturated carbocycles. The summed E-state index contributed by atoms with van der Waals surface area (Å²) in [5, 5.41) is 23.5. The Morgan fingerprint density at radius 1 is 1.15 bits per heavy atom. The summed E-state index contributed by atoms with van der Waals surface area (Å²) in [5.74, 6) is -4.94. The van der Waals surface area contributed by atoms with Crippen LogP contribution in [0.4, 0.5) is 19.0 Å². The van der Waals surface area contributed by atoms with Crippen LogP contribution in [0.5, 0.6) is 5.88 Å². The Balaban J connectivity index is 2.11. The van der Waals surface area contributed by atoms with E-state index in [1.807, 2.05) is 0 Å². The number of halogens is 3. The lowest BCUT2D eigenvalue weighted by Gasteiger charge is -2.30. The summed E-state index contributed by atoms with van der Waals surface area (Å²) in [6, 6.07) is 4.22. The summed E-state index contributed by atoms with van der Waals surface area (Å²) >= 11 is 0. The van der Waals surface area contributed by atoms with Crippen LogP contribution in [-0.2, 0) is 10.5 Å². The number of alkyl halides is 2. The molecule has 11 heteroatoms. The lowest BCUT2D eigenvalue weighted by atomic mass is 9.91. The Bertz CT molecular complexity index is 1270. The minimum absolute atomic E-state index is 0.0732. The van der Waals surface area contributed by atoms with E-state index in [0.29, 0.717) is 5.39 Å². The van der Waals surface area contributed by atoms with Crippen molar-refractivity contribution in [2.75, 3.05) is 18.6 Å². The second-order valence-electron chi connectivity index (χ2n) is 8.88. The molecule has 0 bridgehead atoms. The van der Waals surface area contributed by atoms with Crippen LogP contribution in [0.1, 0.15) is 43.8 Å². The van der Waals surface area contributed by atoms with Crippen molar-refractivity contribution in [2.45, 2.75) is 45.3 Å². The minimum Gasteiger partial charge on any atom is -0.492 e. The third-order valence-corrected chi connectivity index (χ3v) is 6.60. The van der Waals surface area contributed by atoms with E-state index in [2.05, 4.69) is 20.3 Å². The quantitative estimate of drug-likeness (QED) is 0.445. The summed E-state index contributed by atoms with van der Waals surface area (Å²) in [6.45, 7) is 7.95. The number of benzene rings is 1. The first-order valence-electron chi connectivity index (χ1n) is 10.1. The molecule has 0 saturated heterocycles. The van der Waals surface area contributed by atoms with Crippen LogP contribution >= 0.6 is 7.14 Å². The van der Waals surface area contributed by atoms with Crippen molar-refractivity contribution in [2.24, 2.45) is 0 Å². The van der Waals surface area contributed by atoms with E-state index < -0.39 is 42.0 Å². The van der Waals surface area contributed by atoms with Crippen LogP contribution < -0.4 is 10.8 Å². The fraction of sp³-hybridized carbons (Fsp3) is 0.409. The van der Waals surface area contributed by atoms with Gasteiger partial charge >= 0.3 is 5.92 Å². The number of hydrogen-bond donors (Lipinski definition) is 3. The number of rotatable bonds is 6. The van der Waals surface area contributed by atoms with Crippen LogP contribution in [0.15, 0.2) is 24.3 Å². The van der Waals surface area contributed by atoms with Gasteiger partial charge in [-0.05, 0) is 53.2 Å². The molecule has 0 aliphatic carbocycles. The molecule has 3 N–H and O–H groups in total. The van der Waals surface area contributed by atoms with Gasteiger partial charge in [0.25, 0.3) is 0 Å². The summed E-state index contributed by atoms with van der Waals surface area (Å²) < 4.78 is 57.0. The molecular weight excluding hydrogens is 456 g/mol. The summed E-state index contributed by atoms with van der Waals surface area (Å²) in [6.07, 6.45) is 0. The average Bonchev–Trinajstić information content (AvgIpc) is 2.66. The number of fused-ring (bicyclic) bond motifs is 1. The van der Waals surface area contributed by atoms with E-state index in [1.54, 1.807) is 13.8 Å². The van der Waals surface area contributed by atoms with Crippen molar-refractivity contribution in [3.05, 3.63) is 47.0 Å². The molecule has 0 fully saturated rings. The van der Waals surface area contributed by atoms with Gasteiger partial charge in [-0.25, -0.2) is 19.3 Å². The first kappa shape index (κ1) is 24.9. The summed E-state index contributed by atoms with van der Waals surface area (Å²) in [4.78, 5) is 12.5. The van der Waals surface area contributed by atoms with Crippen molar-refractivity contribution < 1.29 is 27.9 Å². The van der Waals surface area contributed by atoms with Gasteiger partial charge in [0.1, 0.15) is 41.2 Å². The van der Waals surface area contributed by atoms with Crippen LogP contribution in [0.25, 0.3) is 10.9 Å². The standard InChI is InChI=1S/C22H26F3N4O3P/c1-11(13-8-7-9-15(17(13)23)22(24,25)21(3,4)31)26-19-14-10-16(33(5,6)32)29-20(30)18(14)27-12(2)28-19/h7-11,31H,1-6H3,(H,29,30)(H,26,27,28). The zero-order chi connectivity index (χ0) is 24.9. The van der Waals surface area contributed by atoms with E-state index in [0.717, 1.165) is 19.9 Å². The van der Waals surface area contributed by atoms with E-state index in [4.69, 9.17) is 0 Å². The van der Waals surface area contributed by atoms with E-state index in [1.165, 1.54) is 31.5 Å². The van der Waals surface area contributed by atoms with Crippen molar-refractivity contribution >= 4 is 29.3 Å². The van der Waals surface area contributed by atoms with Gasteiger partial charge in [-0.1, -0.05) is 12.1 Å². The van der Waals surface area contributed by atoms with Crippen LogP contribution in [-0.4, -0.2) is 44.1 Å². The second-order valence-corrected chi connectivity index (χ2v) is 12.0. The van der Waals surface area contributed by atoms with E-state index in [9.17, 15) is 23.6 Å². The van der Waals surface area contributed by atoms with Crippen molar-refractivity contribution in [3.8, 4) is 5.88 Å². The molecule has 0 radical (unpaired) electrons. The number of hydrogen-bond acceptors (Lipinski definition) is 7. The van der Waals surface area contributed by atoms with Gasteiger partial charge in [0.2, 0.25) is 5.88 Å². The fourth-order valence-corrected chi connectivity index (χ4v) is 4.11. The predicted molar refractivity (Wildman–Crippen MR) is 121 cm³/mol. The molecule has 3 aromatic rings. The van der Waals surface area contributed by atoms with Gasteiger partial charge in [-0.15, -0.1) is 0 Å². The van der Waals surface area contributed by atoms with Crippen LogP contribution in [0, 0.1) is 12.7 Å². The molecule has 1 aromatic carbocycles. The molecule has 0 aliphatic rings. The third-order valence-electron chi connectivity index (χ3n) is 5.27. The number of pyridine rings is 1. The average molecular weight is 482 g/mol. The number of aromatic nitrogens is 3. The highest BCUT2D eigenvalue weighted by Gasteiger charge is 2.49. The minimum atomic E-state index is -3.83. The molecule has 1 atom stereocenters. The third kappa shape index (κ3) is 4.68. The Hall–Kier alpha value is -2.71. The maximum Gasteiger partial charge on any atom is 0.303 e. The summed E-state index contributed by atoms with van der Waals surface area (Å²) in [7, 11) is -2.84. The molecule has 1 unspecified atom stereocenters. The maximum atomic E-state index is 15.2. The molecule has 0 spiro atoms. The van der Waals surface area contributed by atoms with Crippen molar-refractivity contribution in [3.63, 3.8) is 0 Å². The van der Waals surface area contributed by atoms with Gasteiger partial charge in [0.05, 0.1) is 17.0 Å². The number of aryl methyl sites for hydroxylation is 1. The highest BCUT2D eigenvalue weighted by molar-refractivity contribution is 7.69. The van der Waals surface area contributed by atoms with Gasteiger partial charge in [0.15, 0.2) is 0 Å². The largest absolute Gasteiger partial charge is 0.492 e. The highest BCUT2D eigenvalue weighted by atomic mass is 31.2. The number of aliphatic hydroxyl groups is 1. The second kappa shape index (κ2) is 8.25. The van der Waals surface area contributed by atoms with Gasteiger partial charge in [0, 0.05) is 5.56 Å². The first-order valence-corrected chi connectivity index (χ1v) is 12.7. The van der Waals surface area contributed by atoms with Crippen molar-refractivity contribution in [1.29, 1.82) is 0 Å². The smallest absolute Gasteiger partial charge is 0.303 e.